The molecule has 1 aromatic heterocycles. The van der Waals surface area contributed by atoms with Crippen LogP contribution in [0.4, 0.5) is 0 Å². The molecule has 0 N–H and O–H groups in total. The van der Waals surface area contributed by atoms with E-state index < -0.39 is 6.04 Å². The predicted molar refractivity (Wildman–Crippen MR) is 198 cm³/mol. The van der Waals surface area contributed by atoms with E-state index in [1.54, 1.807) is 0 Å². The third kappa shape index (κ3) is 4.56. The molecular weight excluding hydrogens is 569 g/mol. The summed E-state index contributed by atoms with van der Waals surface area (Å²) in [6.45, 7) is 0. The van der Waals surface area contributed by atoms with Crippen LogP contribution in [0.1, 0.15) is 6.85 Å². The normalized spacial score (nSPS) is 12.9. The maximum atomic E-state index is 8.75. The fourth-order valence-corrected chi connectivity index (χ4v) is 6.96. The number of rotatable bonds is 5. The first-order valence-corrected chi connectivity index (χ1v) is 15.7. The summed E-state index contributed by atoms with van der Waals surface area (Å²) < 4.78 is 49.2. The molecule has 1 nitrogen and oxygen atoms in total. The van der Waals surface area contributed by atoms with Crippen LogP contribution >= 0.6 is 0 Å². The lowest BCUT2D eigenvalue weighted by atomic mass is 9.84. The van der Waals surface area contributed by atoms with E-state index in [0.29, 0.717) is 5.56 Å². The molecule has 0 atom stereocenters. The second kappa shape index (κ2) is 11.3. The number of benzene rings is 8. The first kappa shape index (κ1) is 22.3. The molecule has 0 amide bonds. The van der Waals surface area contributed by atoms with E-state index >= 15 is 0 Å². The van der Waals surface area contributed by atoms with E-state index in [1.807, 2.05) is 60.7 Å². The van der Waals surface area contributed by atoms with Gasteiger partial charge in [-0.25, -0.2) is 0 Å². The molecule has 9 rings (SSSR count). The SMILES string of the molecule is [2H]c1c([2H])c([2H])c(-c2ccccc2-c2ccc3oc(-c4ccccc4)c(-c4c5ccccc5c(-c5ccccc5)c5ccccc45)c3c2)c([2H])c1[2H]. The van der Waals surface area contributed by atoms with Crippen LogP contribution in [0.5, 0.6) is 0 Å². The molecule has 47 heavy (non-hydrogen) atoms. The lowest BCUT2D eigenvalue weighted by molar-refractivity contribution is 0.632. The molecule has 0 spiro atoms. The van der Waals surface area contributed by atoms with Crippen LogP contribution in [0, 0.1) is 0 Å². The summed E-state index contributed by atoms with van der Waals surface area (Å²) in [7, 11) is 0. The van der Waals surface area contributed by atoms with Crippen LogP contribution in [-0.4, -0.2) is 0 Å². The second-order valence-corrected chi connectivity index (χ2v) is 11.6. The van der Waals surface area contributed by atoms with Gasteiger partial charge in [-0.15, -0.1) is 0 Å². The Hall–Kier alpha value is -6.18. The minimum absolute atomic E-state index is 0.174. The maximum Gasteiger partial charge on any atom is 0.143 e. The lowest BCUT2D eigenvalue weighted by Gasteiger charge is -2.18. The van der Waals surface area contributed by atoms with Crippen molar-refractivity contribution in [1.82, 2.24) is 0 Å². The Morgan fingerprint density at radius 3 is 1.49 bits per heavy atom. The van der Waals surface area contributed by atoms with Gasteiger partial charge in [-0.2, -0.15) is 0 Å². The number of hydrogen-bond acceptors (Lipinski definition) is 1. The van der Waals surface area contributed by atoms with Crippen molar-refractivity contribution in [3.8, 4) is 55.8 Å². The molecule has 0 aliphatic carbocycles. The summed E-state index contributed by atoms with van der Waals surface area (Å²) in [5.41, 5.74) is 8.37. The van der Waals surface area contributed by atoms with Crippen molar-refractivity contribution in [2.24, 2.45) is 0 Å². The highest BCUT2D eigenvalue weighted by atomic mass is 16.3. The zero-order valence-electron chi connectivity index (χ0n) is 30.3. The van der Waals surface area contributed by atoms with Crippen molar-refractivity contribution in [2.75, 3.05) is 0 Å². The van der Waals surface area contributed by atoms with Crippen molar-refractivity contribution >= 4 is 32.5 Å². The minimum Gasteiger partial charge on any atom is -0.455 e. The van der Waals surface area contributed by atoms with Gasteiger partial charge >= 0.3 is 0 Å². The average molecular weight is 604 g/mol. The summed E-state index contributed by atoms with van der Waals surface area (Å²) in [4.78, 5) is 0. The molecule has 0 bridgehead atoms. The van der Waals surface area contributed by atoms with Crippen molar-refractivity contribution in [1.29, 1.82) is 0 Å². The zero-order chi connectivity index (χ0) is 35.5. The first-order valence-electron chi connectivity index (χ1n) is 18.2. The molecule has 0 aliphatic rings. The average Bonchev–Trinajstić information content (AvgIpc) is 3.57. The van der Waals surface area contributed by atoms with Crippen LogP contribution in [0.2, 0.25) is 0 Å². The van der Waals surface area contributed by atoms with Crippen molar-refractivity contribution in [3.63, 3.8) is 0 Å². The van der Waals surface area contributed by atoms with Crippen LogP contribution in [0.3, 0.4) is 0 Å². The van der Waals surface area contributed by atoms with E-state index in [2.05, 4.69) is 91.0 Å². The lowest BCUT2D eigenvalue weighted by Crippen LogP contribution is -1.91. The predicted octanol–water partition coefficient (Wildman–Crippen LogP) is 13.1. The van der Waals surface area contributed by atoms with Crippen LogP contribution in [-0.2, 0) is 0 Å². The Labute approximate surface area is 281 Å². The van der Waals surface area contributed by atoms with E-state index in [9.17, 15) is 0 Å². The van der Waals surface area contributed by atoms with E-state index in [-0.39, 0.29) is 29.7 Å². The fourth-order valence-electron chi connectivity index (χ4n) is 6.96. The van der Waals surface area contributed by atoms with Crippen molar-refractivity contribution < 1.29 is 11.3 Å². The molecule has 0 aliphatic heterocycles. The Morgan fingerprint density at radius 1 is 0.362 bits per heavy atom. The molecule has 0 saturated carbocycles. The highest BCUT2D eigenvalue weighted by Crippen LogP contribution is 2.50. The molecule has 8 aromatic carbocycles. The Balaban J connectivity index is 1.39. The van der Waals surface area contributed by atoms with Gasteiger partial charge in [0.25, 0.3) is 0 Å². The Bertz CT molecular complexity index is 2750. The molecule has 220 valence electrons. The maximum absolute atomic E-state index is 8.75. The monoisotopic (exact) mass is 603 g/mol. The smallest absolute Gasteiger partial charge is 0.143 e. The molecular formula is C46H30O. The number of fused-ring (bicyclic) bond motifs is 3. The first-order chi connectivity index (χ1) is 25.4. The highest BCUT2D eigenvalue weighted by Gasteiger charge is 2.24. The van der Waals surface area contributed by atoms with Gasteiger partial charge in [-0.3, -0.25) is 0 Å². The molecule has 1 heterocycles. The molecule has 1 heteroatoms. The quantitative estimate of drug-likeness (QED) is 0.178. The van der Waals surface area contributed by atoms with Gasteiger partial charge < -0.3 is 4.42 Å². The Kier molecular flexibility index (Phi) is 5.38. The van der Waals surface area contributed by atoms with Crippen molar-refractivity contribution in [3.05, 3.63) is 182 Å². The number of hydrogen-bond donors (Lipinski definition) is 0. The van der Waals surface area contributed by atoms with Gasteiger partial charge in [0.1, 0.15) is 11.3 Å². The summed E-state index contributed by atoms with van der Waals surface area (Å²) in [5, 5.41) is 5.39. The van der Waals surface area contributed by atoms with Gasteiger partial charge in [-0.05, 0) is 67.1 Å². The minimum atomic E-state index is -0.410. The molecule has 0 saturated heterocycles. The van der Waals surface area contributed by atoms with Crippen molar-refractivity contribution in [2.45, 2.75) is 0 Å². The molecule has 0 radical (unpaired) electrons. The summed E-state index contributed by atoms with van der Waals surface area (Å²) >= 11 is 0. The zero-order valence-corrected chi connectivity index (χ0v) is 25.3. The molecule has 0 unspecified atom stereocenters. The van der Waals surface area contributed by atoms with E-state index in [4.69, 9.17) is 11.3 Å². The van der Waals surface area contributed by atoms with Gasteiger partial charge in [0.05, 0.1) is 6.85 Å². The standard InChI is InChI=1S/C46H30O/c1-4-16-31(17-5-1)35-22-10-11-23-36(35)34-28-29-42-41(30-34)45(46(47-42)33-20-8-3-9-21-33)44-39-26-14-12-24-37(39)43(32-18-6-2-7-19-32)38-25-13-15-27-40(38)44/h1-30H/i1D,4D,5D,16D,17D. The summed E-state index contributed by atoms with van der Waals surface area (Å²) in [6.07, 6.45) is 0. The van der Waals surface area contributed by atoms with Gasteiger partial charge in [0.15, 0.2) is 0 Å². The van der Waals surface area contributed by atoms with Gasteiger partial charge in [0, 0.05) is 22.1 Å². The van der Waals surface area contributed by atoms with E-state index in [1.165, 1.54) is 5.56 Å². The second-order valence-electron chi connectivity index (χ2n) is 11.6. The molecule has 9 aromatic rings. The summed E-state index contributed by atoms with van der Waals surface area (Å²) in [5.74, 6) is 0.759. The highest BCUT2D eigenvalue weighted by molar-refractivity contribution is 6.25. The van der Waals surface area contributed by atoms with Crippen LogP contribution < -0.4 is 0 Å². The van der Waals surface area contributed by atoms with Crippen LogP contribution in [0.25, 0.3) is 88.3 Å². The fraction of sp³-hybridized carbons (Fsp3) is 0. The third-order valence-corrected chi connectivity index (χ3v) is 8.98. The number of furan rings is 1. The summed E-state index contributed by atoms with van der Waals surface area (Å²) in [6, 6.07) is 49.8. The Morgan fingerprint density at radius 2 is 0.872 bits per heavy atom. The van der Waals surface area contributed by atoms with E-state index in [0.717, 1.165) is 71.7 Å². The molecule has 0 fully saturated rings. The van der Waals surface area contributed by atoms with Gasteiger partial charge in [-0.1, -0.05) is 170 Å². The third-order valence-electron chi connectivity index (χ3n) is 8.98. The van der Waals surface area contributed by atoms with Crippen LogP contribution in [0.15, 0.2) is 186 Å². The largest absolute Gasteiger partial charge is 0.455 e. The van der Waals surface area contributed by atoms with Gasteiger partial charge in [0.2, 0.25) is 0 Å². The topological polar surface area (TPSA) is 13.1 Å².